The van der Waals surface area contributed by atoms with Crippen LogP contribution < -0.4 is 6.15 Å². The van der Waals surface area contributed by atoms with Gasteiger partial charge in [0.2, 0.25) is 0 Å². The van der Waals surface area contributed by atoms with E-state index in [4.69, 9.17) is 5.11 Å². The fourth-order valence-electron chi connectivity index (χ4n) is 0.0873. The molecule has 5 N–H and O–H groups in total. The summed E-state index contributed by atoms with van der Waals surface area (Å²) in [5.41, 5.74) is 0. The standard InChI is InChI=1S/C3H4O4.H3N/c1-7-3(6)2(4)5;/h1H3,(H,4,5);1H3/p+1. The van der Waals surface area contributed by atoms with Gasteiger partial charge in [-0.1, -0.05) is 0 Å². The summed E-state index contributed by atoms with van der Waals surface area (Å²) in [4.78, 5) is 19.1. The molecule has 0 fully saturated rings. The van der Waals surface area contributed by atoms with Crippen LogP contribution in [0.3, 0.4) is 0 Å². The van der Waals surface area contributed by atoms with Gasteiger partial charge in [-0.2, -0.15) is 0 Å². The van der Waals surface area contributed by atoms with Crippen molar-refractivity contribution in [1.29, 1.82) is 0 Å². The van der Waals surface area contributed by atoms with Crippen LogP contribution >= 0.6 is 0 Å². The lowest BCUT2D eigenvalue weighted by Crippen LogP contribution is -2.13. The van der Waals surface area contributed by atoms with Gasteiger partial charge in [-0.15, -0.1) is 0 Å². The minimum Gasteiger partial charge on any atom is -0.473 e. The highest BCUT2D eigenvalue weighted by atomic mass is 16.5. The van der Waals surface area contributed by atoms with E-state index < -0.39 is 11.9 Å². The van der Waals surface area contributed by atoms with Gasteiger partial charge in [0, 0.05) is 0 Å². The first-order chi connectivity index (χ1) is 3.18. The maximum absolute atomic E-state index is 9.69. The van der Waals surface area contributed by atoms with Crippen LogP contribution in [0.4, 0.5) is 0 Å². The van der Waals surface area contributed by atoms with Crippen LogP contribution in [0, 0.1) is 0 Å². The quantitative estimate of drug-likeness (QED) is 0.337. The molecule has 8 heavy (non-hydrogen) atoms. The van der Waals surface area contributed by atoms with Crippen LogP contribution in [0.1, 0.15) is 0 Å². The van der Waals surface area contributed by atoms with Gasteiger partial charge in [-0.25, -0.2) is 9.59 Å². The molecule has 0 saturated carbocycles. The number of carboxylic acid groups (broad SMARTS) is 1. The first-order valence-electron chi connectivity index (χ1n) is 1.49. The molecule has 0 aromatic heterocycles. The Bertz CT molecular complexity index is 99.5. The van der Waals surface area contributed by atoms with Crippen molar-refractivity contribution in [3.05, 3.63) is 0 Å². The van der Waals surface area contributed by atoms with Crippen molar-refractivity contribution >= 4 is 11.9 Å². The van der Waals surface area contributed by atoms with Crippen LogP contribution in [0.15, 0.2) is 0 Å². The highest BCUT2D eigenvalue weighted by Crippen LogP contribution is 1.68. The predicted octanol–water partition coefficient (Wildman–Crippen LogP) is -0.380. The number of quaternary nitrogens is 1. The number of methoxy groups -OCH3 is 1. The Morgan fingerprint density at radius 3 is 1.88 bits per heavy atom. The lowest BCUT2D eigenvalue weighted by atomic mass is 10.7. The van der Waals surface area contributed by atoms with E-state index in [9.17, 15) is 9.59 Å². The SMILES string of the molecule is COC(=O)C(=O)O.[NH4+]. The van der Waals surface area contributed by atoms with Crippen molar-refractivity contribution in [3.63, 3.8) is 0 Å². The Labute approximate surface area is 45.8 Å². The van der Waals surface area contributed by atoms with E-state index in [-0.39, 0.29) is 6.15 Å². The Balaban J connectivity index is 0. The molecule has 0 bridgehead atoms. The summed E-state index contributed by atoms with van der Waals surface area (Å²) in [5, 5.41) is 7.71. The highest BCUT2D eigenvalue weighted by molar-refractivity contribution is 6.28. The summed E-state index contributed by atoms with van der Waals surface area (Å²) < 4.78 is 3.77. The second kappa shape index (κ2) is 4.07. The Kier molecular flexibility index (Phi) is 5.09. The molecule has 0 aliphatic carbocycles. The molecule has 5 nitrogen and oxygen atoms in total. The maximum Gasteiger partial charge on any atom is 0.417 e. The van der Waals surface area contributed by atoms with E-state index in [1.54, 1.807) is 0 Å². The summed E-state index contributed by atoms with van der Waals surface area (Å²) in [5.74, 6) is -2.80. The second-order valence-corrected chi connectivity index (χ2v) is 0.797. The van der Waals surface area contributed by atoms with E-state index in [0.29, 0.717) is 0 Å². The molecule has 5 heteroatoms. The van der Waals surface area contributed by atoms with Gasteiger partial charge in [0.15, 0.2) is 0 Å². The van der Waals surface area contributed by atoms with Gasteiger partial charge in [-0.05, 0) is 0 Å². The normalized spacial score (nSPS) is 6.62. The molecular weight excluding hydrogens is 114 g/mol. The Morgan fingerprint density at radius 1 is 1.50 bits per heavy atom. The zero-order valence-electron chi connectivity index (χ0n) is 4.67. The zero-order chi connectivity index (χ0) is 5.86. The molecule has 0 aromatic rings. The van der Waals surface area contributed by atoms with Gasteiger partial charge < -0.3 is 16.0 Å². The molecule has 0 aliphatic rings. The predicted molar refractivity (Wildman–Crippen MR) is 25.6 cm³/mol. The fraction of sp³-hybridized carbons (Fsp3) is 0.333. The van der Waals surface area contributed by atoms with E-state index in [1.807, 2.05) is 0 Å². The van der Waals surface area contributed by atoms with Crippen LogP contribution in [0.5, 0.6) is 0 Å². The zero-order valence-corrected chi connectivity index (χ0v) is 4.67. The van der Waals surface area contributed by atoms with Gasteiger partial charge in [0.1, 0.15) is 0 Å². The molecule has 0 aromatic carbocycles. The number of carboxylic acids is 1. The van der Waals surface area contributed by atoms with E-state index in [2.05, 4.69) is 4.74 Å². The topological polar surface area (TPSA) is 100 Å². The molecule has 0 amide bonds. The van der Waals surface area contributed by atoms with Crippen molar-refractivity contribution in [2.45, 2.75) is 0 Å². The Morgan fingerprint density at radius 2 is 1.88 bits per heavy atom. The lowest BCUT2D eigenvalue weighted by molar-refractivity contribution is -0.161. The summed E-state index contributed by atoms with van der Waals surface area (Å²) in [6.07, 6.45) is 0. The Hall–Kier alpha value is -1.10. The van der Waals surface area contributed by atoms with Gasteiger partial charge in [-0.3, -0.25) is 0 Å². The molecule has 0 spiro atoms. The number of ether oxygens (including phenoxy) is 1. The number of carbonyl (C=O) groups excluding carboxylic acids is 1. The number of esters is 1. The van der Waals surface area contributed by atoms with Crippen molar-refractivity contribution < 1.29 is 19.4 Å². The monoisotopic (exact) mass is 122 g/mol. The number of hydrogen-bond donors (Lipinski definition) is 2. The third kappa shape index (κ3) is 3.10. The highest BCUT2D eigenvalue weighted by Gasteiger charge is 2.08. The molecule has 0 saturated heterocycles. The van der Waals surface area contributed by atoms with Gasteiger partial charge in [0.25, 0.3) is 0 Å². The number of carbonyl (C=O) groups is 2. The molecule has 0 heterocycles. The summed E-state index contributed by atoms with van der Waals surface area (Å²) in [6, 6.07) is 0. The molecule has 0 aliphatic heterocycles. The first-order valence-corrected chi connectivity index (χ1v) is 1.49. The third-order valence-corrected chi connectivity index (χ3v) is 0.360. The van der Waals surface area contributed by atoms with Crippen LogP contribution in [-0.4, -0.2) is 24.2 Å². The number of aliphatic carboxylic acids is 1. The minimum absolute atomic E-state index is 0. The summed E-state index contributed by atoms with van der Waals surface area (Å²) in [6.45, 7) is 0. The average Bonchev–Trinajstić information content (AvgIpc) is 1.65. The molecular formula is C3H8NO4+. The fourth-order valence-corrected chi connectivity index (χ4v) is 0.0873. The molecule has 48 valence electrons. The largest absolute Gasteiger partial charge is 0.473 e. The molecule has 0 unspecified atom stereocenters. The number of hydrogen-bond acceptors (Lipinski definition) is 3. The average molecular weight is 122 g/mol. The number of rotatable bonds is 0. The van der Waals surface area contributed by atoms with Crippen molar-refractivity contribution in [2.75, 3.05) is 7.11 Å². The summed E-state index contributed by atoms with van der Waals surface area (Å²) in [7, 11) is 1.01. The molecule has 0 radical (unpaired) electrons. The second-order valence-electron chi connectivity index (χ2n) is 0.797. The van der Waals surface area contributed by atoms with Crippen LogP contribution in [-0.2, 0) is 14.3 Å². The molecule has 0 atom stereocenters. The van der Waals surface area contributed by atoms with Crippen molar-refractivity contribution in [3.8, 4) is 0 Å². The smallest absolute Gasteiger partial charge is 0.417 e. The minimum atomic E-state index is -1.57. The van der Waals surface area contributed by atoms with Crippen LogP contribution in [0.2, 0.25) is 0 Å². The summed E-state index contributed by atoms with van der Waals surface area (Å²) >= 11 is 0. The van der Waals surface area contributed by atoms with E-state index >= 15 is 0 Å². The molecule has 0 rings (SSSR count). The van der Waals surface area contributed by atoms with Crippen molar-refractivity contribution in [2.24, 2.45) is 0 Å². The van der Waals surface area contributed by atoms with E-state index in [1.165, 1.54) is 0 Å². The van der Waals surface area contributed by atoms with Gasteiger partial charge >= 0.3 is 11.9 Å². The van der Waals surface area contributed by atoms with E-state index in [0.717, 1.165) is 7.11 Å². The van der Waals surface area contributed by atoms with Crippen LogP contribution in [0.25, 0.3) is 0 Å². The van der Waals surface area contributed by atoms with Crippen molar-refractivity contribution in [1.82, 2.24) is 6.15 Å². The van der Waals surface area contributed by atoms with Gasteiger partial charge in [0.05, 0.1) is 7.11 Å². The third-order valence-electron chi connectivity index (χ3n) is 0.360. The maximum atomic E-state index is 9.69. The first kappa shape index (κ1) is 10.0. The lowest BCUT2D eigenvalue weighted by Gasteiger charge is -1.85.